The van der Waals surface area contributed by atoms with Crippen molar-refractivity contribution in [2.75, 3.05) is 32.5 Å². The molecule has 1 amide bonds. The van der Waals surface area contributed by atoms with Gasteiger partial charge in [0.2, 0.25) is 0 Å². The zero-order chi connectivity index (χ0) is 15.4. The molecule has 1 aromatic carbocycles. The maximum absolute atomic E-state index is 12.4. The molecule has 7 nitrogen and oxygen atoms in total. The summed E-state index contributed by atoms with van der Waals surface area (Å²) >= 11 is 0. The van der Waals surface area contributed by atoms with Crippen LogP contribution >= 0.6 is 0 Å². The van der Waals surface area contributed by atoms with E-state index in [0.29, 0.717) is 5.69 Å². The van der Waals surface area contributed by atoms with Crippen LogP contribution in [0.1, 0.15) is 23.2 Å². The van der Waals surface area contributed by atoms with Crippen LogP contribution in [0.3, 0.4) is 0 Å². The van der Waals surface area contributed by atoms with Crippen LogP contribution in [0.5, 0.6) is 0 Å². The summed E-state index contributed by atoms with van der Waals surface area (Å²) in [5.74, 6) is -0.390. The van der Waals surface area contributed by atoms with Gasteiger partial charge in [0, 0.05) is 31.4 Å². The molecule has 0 radical (unpaired) electrons. The van der Waals surface area contributed by atoms with Crippen molar-refractivity contribution < 1.29 is 9.72 Å². The number of amides is 1. The Labute approximate surface area is 123 Å². The molecule has 0 aromatic heterocycles. The summed E-state index contributed by atoms with van der Waals surface area (Å²) in [6, 6.07) is 4.49. The number of benzene rings is 1. The largest absolute Gasteiger partial charge is 0.388 e. The molecule has 1 aliphatic rings. The molecule has 2 N–H and O–H groups in total. The van der Waals surface area contributed by atoms with Gasteiger partial charge in [0.25, 0.3) is 11.6 Å². The fourth-order valence-electron chi connectivity index (χ4n) is 2.58. The van der Waals surface area contributed by atoms with Crippen molar-refractivity contribution in [3.05, 3.63) is 33.9 Å². The van der Waals surface area contributed by atoms with Crippen molar-refractivity contribution in [2.24, 2.45) is 0 Å². The lowest BCUT2D eigenvalue weighted by molar-refractivity contribution is -0.385. The number of nitrogens with one attached hydrogen (secondary N) is 2. The monoisotopic (exact) mass is 292 g/mol. The van der Waals surface area contributed by atoms with Crippen molar-refractivity contribution in [3.8, 4) is 0 Å². The van der Waals surface area contributed by atoms with E-state index in [-0.39, 0.29) is 23.2 Å². The summed E-state index contributed by atoms with van der Waals surface area (Å²) < 4.78 is 0. The first kappa shape index (κ1) is 15.2. The van der Waals surface area contributed by atoms with E-state index in [1.807, 2.05) is 7.05 Å². The highest BCUT2D eigenvalue weighted by Gasteiger charge is 2.24. The third kappa shape index (κ3) is 3.69. The molecule has 0 saturated carbocycles. The van der Waals surface area contributed by atoms with Gasteiger partial charge < -0.3 is 15.5 Å². The predicted molar refractivity (Wildman–Crippen MR) is 80.6 cm³/mol. The van der Waals surface area contributed by atoms with E-state index in [9.17, 15) is 14.9 Å². The highest BCUT2D eigenvalue weighted by Crippen LogP contribution is 2.23. The van der Waals surface area contributed by atoms with Gasteiger partial charge in [0.05, 0.1) is 4.92 Å². The molecule has 0 bridgehead atoms. The van der Waals surface area contributed by atoms with Gasteiger partial charge in [-0.15, -0.1) is 0 Å². The van der Waals surface area contributed by atoms with Gasteiger partial charge in [-0.2, -0.15) is 0 Å². The summed E-state index contributed by atoms with van der Waals surface area (Å²) in [6.45, 7) is 1.78. The minimum Gasteiger partial charge on any atom is -0.388 e. The zero-order valence-corrected chi connectivity index (χ0v) is 12.3. The van der Waals surface area contributed by atoms with E-state index in [1.54, 1.807) is 13.1 Å². The number of hydrogen-bond donors (Lipinski definition) is 2. The minimum atomic E-state index is -0.526. The average Bonchev–Trinajstić information content (AvgIpc) is 2.46. The van der Waals surface area contributed by atoms with Gasteiger partial charge in [0.1, 0.15) is 5.56 Å². The summed E-state index contributed by atoms with van der Waals surface area (Å²) in [7, 11) is 3.71. The van der Waals surface area contributed by atoms with Crippen molar-refractivity contribution in [1.82, 2.24) is 10.2 Å². The second kappa shape index (κ2) is 6.53. The van der Waals surface area contributed by atoms with Crippen LogP contribution in [-0.2, 0) is 0 Å². The van der Waals surface area contributed by atoms with Gasteiger partial charge in [0.15, 0.2) is 0 Å². The number of carbonyl (C=O) groups excluding carboxylic acids is 1. The van der Waals surface area contributed by atoms with Gasteiger partial charge >= 0.3 is 0 Å². The Balaban J connectivity index is 2.19. The lowest BCUT2D eigenvalue weighted by Crippen LogP contribution is -2.46. The van der Waals surface area contributed by atoms with Crippen molar-refractivity contribution >= 4 is 17.3 Å². The van der Waals surface area contributed by atoms with Gasteiger partial charge in [-0.05, 0) is 38.6 Å². The fourth-order valence-corrected chi connectivity index (χ4v) is 2.58. The summed E-state index contributed by atoms with van der Waals surface area (Å²) in [5.41, 5.74) is 0.599. The second-order valence-corrected chi connectivity index (χ2v) is 5.31. The van der Waals surface area contributed by atoms with Crippen LogP contribution in [0.4, 0.5) is 11.4 Å². The normalized spacial score (nSPS) is 19.0. The molecule has 0 spiro atoms. The number of anilines is 1. The number of nitrogens with zero attached hydrogens (tertiary/aromatic N) is 2. The molecule has 1 unspecified atom stereocenters. The predicted octanol–water partition coefficient (Wildman–Crippen LogP) is 1.46. The molecular formula is C14H20N4O3. The van der Waals surface area contributed by atoms with E-state index in [1.165, 1.54) is 12.1 Å². The van der Waals surface area contributed by atoms with Gasteiger partial charge in [-0.1, -0.05) is 0 Å². The summed E-state index contributed by atoms with van der Waals surface area (Å²) in [4.78, 5) is 25.0. The van der Waals surface area contributed by atoms with Crippen LogP contribution in [0, 0.1) is 10.1 Å². The van der Waals surface area contributed by atoms with Crippen LogP contribution < -0.4 is 10.6 Å². The number of nitro groups is 1. The average molecular weight is 292 g/mol. The Morgan fingerprint density at radius 1 is 1.48 bits per heavy atom. The topological polar surface area (TPSA) is 87.5 Å². The molecule has 2 rings (SSSR count). The maximum Gasteiger partial charge on any atom is 0.282 e. The van der Waals surface area contributed by atoms with Crippen molar-refractivity contribution in [1.29, 1.82) is 0 Å². The Bertz CT molecular complexity index is 547. The summed E-state index contributed by atoms with van der Waals surface area (Å²) in [6.07, 6.45) is 1.91. The molecule has 7 heteroatoms. The van der Waals surface area contributed by atoms with E-state index < -0.39 is 4.92 Å². The highest BCUT2D eigenvalue weighted by atomic mass is 16.6. The maximum atomic E-state index is 12.4. The molecule has 1 atom stereocenters. The lowest BCUT2D eigenvalue weighted by Gasteiger charge is -2.30. The van der Waals surface area contributed by atoms with E-state index in [4.69, 9.17) is 0 Å². The molecule has 1 aromatic rings. The molecule has 1 fully saturated rings. The Kier molecular flexibility index (Phi) is 4.74. The van der Waals surface area contributed by atoms with E-state index in [2.05, 4.69) is 15.5 Å². The highest BCUT2D eigenvalue weighted by molar-refractivity contribution is 5.99. The number of piperidine rings is 1. The van der Waals surface area contributed by atoms with Gasteiger partial charge in [-0.25, -0.2) is 0 Å². The second-order valence-electron chi connectivity index (χ2n) is 5.31. The lowest BCUT2D eigenvalue weighted by atomic mass is 10.0. The standard InChI is InChI=1S/C14H20N4O3/c1-15-10-5-6-13(18(20)21)12(8-10)14(19)16-11-4-3-7-17(2)9-11/h5-6,8,11,15H,3-4,7,9H2,1-2H3,(H,16,19). The van der Waals surface area contributed by atoms with Crippen molar-refractivity contribution in [2.45, 2.75) is 18.9 Å². The molecule has 21 heavy (non-hydrogen) atoms. The van der Waals surface area contributed by atoms with Crippen LogP contribution in [0.15, 0.2) is 18.2 Å². The number of nitro benzene ring substituents is 1. The third-order valence-electron chi connectivity index (χ3n) is 3.69. The third-order valence-corrected chi connectivity index (χ3v) is 3.69. The SMILES string of the molecule is CNc1ccc([N+](=O)[O-])c(C(=O)NC2CCCN(C)C2)c1. The Hall–Kier alpha value is -2.15. The molecule has 1 heterocycles. The number of hydrogen-bond acceptors (Lipinski definition) is 5. The molecular weight excluding hydrogens is 272 g/mol. The van der Waals surface area contributed by atoms with Crippen molar-refractivity contribution in [3.63, 3.8) is 0 Å². The first-order valence-corrected chi connectivity index (χ1v) is 6.97. The molecule has 1 saturated heterocycles. The molecule has 0 aliphatic carbocycles. The van der Waals surface area contributed by atoms with Crippen LogP contribution in [0.2, 0.25) is 0 Å². The number of rotatable bonds is 4. The zero-order valence-electron chi connectivity index (χ0n) is 12.3. The Morgan fingerprint density at radius 3 is 2.86 bits per heavy atom. The number of likely N-dealkylation sites (N-methyl/N-ethyl adjacent to an activating group) is 1. The fraction of sp³-hybridized carbons (Fsp3) is 0.500. The van der Waals surface area contributed by atoms with E-state index in [0.717, 1.165) is 25.9 Å². The first-order chi connectivity index (χ1) is 10.0. The Morgan fingerprint density at radius 2 is 2.24 bits per heavy atom. The van der Waals surface area contributed by atoms with Gasteiger partial charge in [-0.3, -0.25) is 14.9 Å². The smallest absolute Gasteiger partial charge is 0.282 e. The number of likely N-dealkylation sites (tertiary alicyclic amines) is 1. The quantitative estimate of drug-likeness (QED) is 0.648. The molecule has 114 valence electrons. The number of carbonyl (C=O) groups is 1. The van der Waals surface area contributed by atoms with E-state index >= 15 is 0 Å². The van der Waals surface area contributed by atoms with Crippen LogP contribution in [-0.4, -0.2) is 49.0 Å². The minimum absolute atomic E-state index is 0.0362. The first-order valence-electron chi connectivity index (χ1n) is 6.97. The molecule has 1 aliphatic heterocycles. The summed E-state index contributed by atoms with van der Waals surface area (Å²) in [5, 5.41) is 16.9. The van der Waals surface area contributed by atoms with Crippen LogP contribution in [0.25, 0.3) is 0 Å².